The Labute approximate surface area is 91.0 Å². The Balaban J connectivity index is 2.00. The van der Waals surface area contributed by atoms with Gasteiger partial charge >= 0.3 is 0 Å². The first kappa shape index (κ1) is 11.5. The van der Waals surface area contributed by atoms with Gasteiger partial charge in [0.1, 0.15) is 0 Å². The molecule has 2 heteroatoms. The van der Waals surface area contributed by atoms with Crippen LogP contribution in [0.1, 0.15) is 45.4 Å². The van der Waals surface area contributed by atoms with Crippen molar-refractivity contribution in [2.24, 2.45) is 0 Å². The molecule has 0 heterocycles. The molecule has 1 rings (SSSR count). The lowest BCUT2D eigenvalue weighted by Crippen LogP contribution is -2.27. The number of unbranched alkanes of at least 4 members (excludes halogenated alkanes) is 2. The molecular formula is C11H22BrN. The first-order valence-corrected chi connectivity index (χ1v) is 6.80. The van der Waals surface area contributed by atoms with Crippen LogP contribution in [0, 0.1) is 0 Å². The summed E-state index contributed by atoms with van der Waals surface area (Å²) < 4.78 is 0. The first-order chi connectivity index (χ1) is 6.38. The van der Waals surface area contributed by atoms with E-state index in [1.165, 1.54) is 56.9 Å². The average molecular weight is 248 g/mol. The fraction of sp³-hybridized carbons (Fsp3) is 1.00. The summed E-state index contributed by atoms with van der Waals surface area (Å²) in [7, 11) is 0. The minimum atomic E-state index is 0.962. The zero-order valence-electron chi connectivity index (χ0n) is 8.77. The van der Waals surface area contributed by atoms with Crippen molar-refractivity contribution in [1.29, 1.82) is 0 Å². The van der Waals surface area contributed by atoms with Gasteiger partial charge < -0.3 is 4.90 Å². The second kappa shape index (κ2) is 6.83. The molecule has 0 aromatic rings. The van der Waals surface area contributed by atoms with E-state index in [4.69, 9.17) is 0 Å². The Morgan fingerprint density at radius 3 is 2.46 bits per heavy atom. The molecule has 0 amide bonds. The van der Waals surface area contributed by atoms with Gasteiger partial charge in [-0.3, -0.25) is 0 Å². The summed E-state index contributed by atoms with van der Waals surface area (Å²) >= 11 is 3.48. The molecule has 0 saturated heterocycles. The maximum Gasteiger partial charge on any atom is 0.00964 e. The van der Waals surface area contributed by atoms with E-state index in [9.17, 15) is 0 Å². The summed E-state index contributed by atoms with van der Waals surface area (Å²) in [5.74, 6) is 0. The van der Waals surface area contributed by atoms with Crippen molar-refractivity contribution in [2.45, 2.75) is 51.5 Å². The SMILES string of the molecule is CCCN(CCCCCBr)C1CC1. The van der Waals surface area contributed by atoms with Crippen molar-refractivity contribution in [2.75, 3.05) is 18.4 Å². The van der Waals surface area contributed by atoms with Crippen LogP contribution < -0.4 is 0 Å². The van der Waals surface area contributed by atoms with Crippen molar-refractivity contribution < 1.29 is 0 Å². The predicted molar refractivity (Wildman–Crippen MR) is 62.5 cm³/mol. The third-order valence-electron chi connectivity index (χ3n) is 2.65. The number of hydrogen-bond donors (Lipinski definition) is 0. The Bertz CT molecular complexity index is 123. The van der Waals surface area contributed by atoms with Crippen molar-refractivity contribution in [3.63, 3.8) is 0 Å². The van der Waals surface area contributed by atoms with Crippen LogP contribution in [0.25, 0.3) is 0 Å². The maximum atomic E-state index is 3.48. The van der Waals surface area contributed by atoms with Crippen LogP contribution in [-0.2, 0) is 0 Å². The van der Waals surface area contributed by atoms with Gasteiger partial charge in [-0.25, -0.2) is 0 Å². The molecule has 1 saturated carbocycles. The van der Waals surface area contributed by atoms with E-state index in [1.54, 1.807) is 0 Å². The molecule has 78 valence electrons. The second-order valence-electron chi connectivity index (χ2n) is 4.02. The molecule has 0 unspecified atom stereocenters. The Morgan fingerprint density at radius 2 is 1.92 bits per heavy atom. The van der Waals surface area contributed by atoms with Gasteiger partial charge in [0.05, 0.1) is 0 Å². The minimum absolute atomic E-state index is 0.962. The van der Waals surface area contributed by atoms with E-state index >= 15 is 0 Å². The lowest BCUT2D eigenvalue weighted by atomic mass is 10.2. The fourth-order valence-corrected chi connectivity index (χ4v) is 2.19. The lowest BCUT2D eigenvalue weighted by Gasteiger charge is -2.20. The number of rotatable bonds is 8. The van der Waals surface area contributed by atoms with Gasteiger partial charge in [-0.1, -0.05) is 29.3 Å². The quantitative estimate of drug-likeness (QED) is 0.470. The van der Waals surface area contributed by atoms with Gasteiger partial charge in [0.2, 0.25) is 0 Å². The van der Waals surface area contributed by atoms with Crippen molar-refractivity contribution >= 4 is 15.9 Å². The zero-order chi connectivity index (χ0) is 9.52. The predicted octanol–water partition coefficient (Wildman–Crippen LogP) is 3.43. The Hall–Kier alpha value is 0.440. The molecule has 1 aliphatic rings. The molecule has 1 aliphatic carbocycles. The lowest BCUT2D eigenvalue weighted by molar-refractivity contribution is 0.258. The normalized spacial score (nSPS) is 16.8. The molecule has 0 atom stereocenters. The van der Waals surface area contributed by atoms with Crippen LogP contribution in [0.5, 0.6) is 0 Å². The van der Waals surface area contributed by atoms with Gasteiger partial charge in [-0.2, -0.15) is 0 Å². The third kappa shape index (κ3) is 5.02. The summed E-state index contributed by atoms with van der Waals surface area (Å²) in [4.78, 5) is 2.69. The van der Waals surface area contributed by atoms with Gasteiger partial charge in [-0.15, -0.1) is 0 Å². The van der Waals surface area contributed by atoms with Crippen molar-refractivity contribution in [1.82, 2.24) is 4.90 Å². The molecule has 1 fully saturated rings. The van der Waals surface area contributed by atoms with E-state index in [-0.39, 0.29) is 0 Å². The molecular weight excluding hydrogens is 226 g/mol. The van der Waals surface area contributed by atoms with E-state index in [0.29, 0.717) is 0 Å². The van der Waals surface area contributed by atoms with Crippen LogP contribution in [0.4, 0.5) is 0 Å². The third-order valence-corrected chi connectivity index (χ3v) is 3.21. The maximum absolute atomic E-state index is 3.48. The fourth-order valence-electron chi connectivity index (χ4n) is 1.79. The highest BCUT2D eigenvalue weighted by molar-refractivity contribution is 9.09. The summed E-state index contributed by atoms with van der Waals surface area (Å²) in [6, 6.07) is 0.962. The molecule has 0 radical (unpaired) electrons. The van der Waals surface area contributed by atoms with Crippen LogP contribution in [-0.4, -0.2) is 29.4 Å². The highest BCUT2D eigenvalue weighted by Crippen LogP contribution is 2.27. The highest BCUT2D eigenvalue weighted by Gasteiger charge is 2.27. The van der Waals surface area contributed by atoms with Crippen molar-refractivity contribution in [3.8, 4) is 0 Å². The van der Waals surface area contributed by atoms with Crippen molar-refractivity contribution in [3.05, 3.63) is 0 Å². The van der Waals surface area contributed by atoms with E-state index in [1.807, 2.05) is 0 Å². The number of nitrogens with zero attached hydrogens (tertiary/aromatic N) is 1. The molecule has 0 aromatic carbocycles. The summed E-state index contributed by atoms with van der Waals surface area (Å²) in [6.07, 6.45) is 8.34. The highest BCUT2D eigenvalue weighted by atomic mass is 79.9. The molecule has 0 N–H and O–H groups in total. The number of hydrogen-bond acceptors (Lipinski definition) is 1. The minimum Gasteiger partial charge on any atom is -0.300 e. The van der Waals surface area contributed by atoms with Gasteiger partial charge in [-0.05, 0) is 45.2 Å². The molecule has 1 nitrogen and oxygen atoms in total. The largest absolute Gasteiger partial charge is 0.300 e. The summed E-state index contributed by atoms with van der Waals surface area (Å²) in [6.45, 7) is 4.94. The van der Waals surface area contributed by atoms with Crippen LogP contribution in [0.15, 0.2) is 0 Å². The standard InChI is InChI=1S/C11H22BrN/c1-2-9-13(11-6-7-11)10-5-3-4-8-12/h11H,2-10H2,1H3. The average Bonchev–Trinajstić information content (AvgIpc) is 2.93. The van der Waals surface area contributed by atoms with E-state index < -0.39 is 0 Å². The van der Waals surface area contributed by atoms with Crippen LogP contribution in [0.2, 0.25) is 0 Å². The monoisotopic (exact) mass is 247 g/mol. The summed E-state index contributed by atoms with van der Waals surface area (Å²) in [5, 5.41) is 1.17. The van der Waals surface area contributed by atoms with Crippen LogP contribution in [0.3, 0.4) is 0 Å². The molecule has 0 aromatic heterocycles. The molecule has 0 spiro atoms. The molecule has 0 aliphatic heterocycles. The molecule has 0 bridgehead atoms. The van der Waals surface area contributed by atoms with Crippen LogP contribution >= 0.6 is 15.9 Å². The first-order valence-electron chi connectivity index (χ1n) is 5.68. The number of alkyl halides is 1. The van der Waals surface area contributed by atoms with E-state index in [0.717, 1.165) is 6.04 Å². The Morgan fingerprint density at radius 1 is 1.15 bits per heavy atom. The van der Waals surface area contributed by atoms with Gasteiger partial charge in [0.25, 0.3) is 0 Å². The Kier molecular flexibility index (Phi) is 6.05. The second-order valence-corrected chi connectivity index (χ2v) is 4.81. The van der Waals surface area contributed by atoms with Gasteiger partial charge in [0, 0.05) is 11.4 Å². The topological polar surface area (TPSA) is 3.24 Å². The zero-order valence-corrected chi connectivity index (χ0v) is 10.4. The summed E-state index contributed by atoms with van der Waals surface area (Å²) in [5.41, 5.74) is 0. The smallest absolute Gasteiger partial charge is 0.00964 e. The molecule has 13 heavy (non-hydrogen) atoms. The van der Waals surface area contributed by atoms with E-state index in [2.05, 4.69) is 27.8 Å². The van der Waals surface area contributed by atoms with Gasteiger partial charge in [0.15, 0.2) is 0 Å². The number of halogens is 1.